The Balaban J connectivity index is 1.72. The van der Waals surface area contributed by atoms with Crippen molar-refractivity contribution >= 4 is 11.3 Å². The number of H-pyrrole nitrogens is 1. The van der Waals surface area contributed by atoms with Crippen LogP contribution in [0.25, 0.3) is 11.3 Å². The summed E-state index contributed by atoms with van der Waals surface area (Å²) >= 11 is 1.65. The molecule has 0 saturated carbocycles. The maximum atomic E-state index is 4.31. The fraction of sp³-hybridized carbons (Fsp3) is 0.214. The molecule has 3 rings (SSSR count). The highest BCUT2D eigenvalue weighted by Gasteiger charge is 2.12. The lowest BCUT2D eigenvalue weighted by atomic mass is 10.1. The summed E-state index contributed by atoms with van der Waals surface area (Å²) in [5, 5.41) is 17.7. The lowest BCUT2D eigenvalue weighted by Gasteiger charge is -2.10. The van der Waals surface area contributed by atoms with E-state index in [0.29, 0.717) is 6.54 Å². The summed E-state index contributed by atoms with van der Waals surface area (Å²) < 4.78 is 0. The average Bonchev–Trinajstić information content (AvgIpc) is 3.17. The van der Waals surface area contributed by atoms with E-state index in [1.165, 1.54) is 0 Å². The highest BCUT2D eigenvalue weighted by atomic mass is 32.1. The average molecular weight is 285 g/mol. The predicted molar refractivity (Wildman–Crippen MR) is 79.2 cm³/mol. The SMILES string of the molecule is CC(NCc1n[nH]nc1-c1ccccc1)c1nccs1. The summed E-state index contributed by atoms with van der Waals surface area (Å²) in [6.07, 6.45) is 1.82. The van der Waals surface area contributed by atoms with E-state index in [1.807, 2.05) is 41.9 Å². The van der Waals surface area contributed by atoms with Crippen LogP contribution in [0.1, 0.15) is 23.7 Å². The Kier molecular flexibility index (Phi) is 3.85. The van der Waals surface area contributed by atoms with Gasteiger partial charge in [-0.3, -0.25) is 0 Å². The second kappa shape index (κ2) is 5.94. The smallest absolute Gasteiger partial charge is 0.117 e. The number of benzene rings is 1. The van der Waals surface area contributed by atoms with Gasteiger partial charge in [0.15, 0.2) is 0 Å². The van der Waals surface area contributed by atoms with Gasteiger partial charge >= 0.3 is 0 Å². The van der Waals surface area contributed by atoms with Crippen LogP contribution in [-0.2, 0) is 6.54 Å². The van der Waals surface area contributed by atoms with Crippen molar-refractivity contribution < 1.29 is 0 Å². The number of thiazole rings is 1. The van der Waals surface area contributed by atoms with Gasteiger partial charge in [-0.15, -0.1) is 11.3 Å². The summed E-state index contributed by atoms with van der Waals surface area (Å²) in [5.41, 5.74) is 2.88. The molecule has 3 aromatic rings. The molecule has 2 N–H and O–H groups in total. The van der Waals surface area contributed by atoms with Crippen LogP contribution in [0, 0.1) is 0 Å². The number of hydrogen-bond acceptors (Lipinski definition) is 5. The second-order valence-electron chi connectivity index (χ2n) is 4.46. The molecule has 2 aromatic heterocycles. The molecule has 6 heteroatoms. The van der Waals surface area contributed by atoms with Gasteiger partial charge in [0.1, 0.15) is 16.4 Å². The number of rotatable bonds is 5. The lowest BCUT2D eigenvalue weighted by Crippen LogP contribution is -2.18. The molecule has 102 valence electrons. The van der Waals surface area contributed by atoms with Crippen LogP contribution < -0.4 is 5.32 Å². The molecule has 0 saturated heterocycles. The van der Waals surface area contributed by atoms with Gasteiger partial charge in [0.25, 0.3) is 0 Å². The topological polar surface area (TPSA) is 66.5 Å². The molecule has 0 aliphatic heterocycles. The quantitative estimate of drug-likeness (QED) is 0.756. The van der Waals surface area contributed by atoms with Gasteiger partial charge in [-0.25, -0.2) is 4.98 Å². The van der Waals surface area contributed by atoms with Gasteiger partial charge in [0.2, 0.25) is 0 Å². The number of aromatic amines is 1. The van der Waals surface area contributed by atoms with Crippen molar-refractivity contribution in [1.82, 2.24) is 25.7 Å². The van der Waals surface area contributed by atoms with Gasteiger partial charge < -0.3 is 5.32 Å². The number of nitrogens with zero attached hydrogens (tertiary/aromatic N) is 3. The maximum absolute atomic E-state index is 4.31. The zero-order valence-electron chi connectivity index (χ0n) is 11.1. The van der Waals surface area contributed by atoms with Gasteiger partial charge in [0.05, 0.1) is 6.04 Å². The van der Waals surface area contributed by atoms with Gasteiger partial charge in [-0.2, -0.15) is 15.4 Å². The Morgan fingerprint density at radius 2 is 2.10 bits per heavy atom. The second-order valence-corrected chi connectivity index (χ2v) is 5.38. The van der Waals surface area contributed by atoms with E-state index in [2.05, 4.69) is 32.6 Å². The highest BCUT2D eigenvalue weighted by Crippen LogP contribution is 2.20. The number of hydrogen-bond donors (Lipinski definition) is 2. The molecule has 0 aliphatic rings. The van der Waals surface area contributed by atoms with E-state index < -0.39 is 0 Å². The third kappa shape index (κ3) is 2.76. The third-order valence-electron chi connectivity index (χ3n) is 3.06. The first kappa shape index (κ1) is 13.0. The molecule has 2 heterocycles. The molecular weight excluding hydrogens is 270 g/mol. The normalized spacial score (nSPS) is 12.4. The Hall–Kier alpha value is -2.05. The largest absolute Gasteiger partial charge is 0.302 e. The summed E-state index contributed by atoms with van der Waals surface area (Å²) in [6.45, 7) is 2.75. The minimum Gasteiger partial charge on any atom is -0.302 e. The van der Waals surface area contributed by atoms with Gasteiger partial charge in [-0.1, -0.05) is 30.3 Å². The summed E-state index contributed by atoms with van der Waals surface area (Å²) in [5.74, 6) is 0. The monoisotopic (exact) mass is 285 g/mol. The summed E-state index contributed by atoms with van der Waals surface area (Å²) in [6, 6.07) is 10.3. The van der Waals surface area contributed by atoms with Gasteiger partial charge in [0, 0.05) is 23.7 Å². The van der Waals surface area contributed by atoms with E-state index in [-0.39, 0.29) is 6.04 Å². The van der Waals surface area contributed by atoms with E-state index in [1.54, 1.807) is 11.3 Å². The van der Waals surface area contributed by atoms with Crippen molar-refractivity contribution in [1.29, 1.82) is 0 Å². The Bertz CT molecular complexity index is 647. The molecule has 1 atom stereocenters. The summed E-state index contributed by atoms with van der Waals surface area (Å²) in [7, 11) is 0. The zero-order valence-corrected chi connectivity index (χ0v) is 11.9. The first-order chi connectivity index (χ1) is 9.84. The van der Waals surface area contributed by atoms with Crippen LogP contribution in [0.3, 0.4) is 0 Å². The van der Waals surface area contributed by atoms with E-state index >= 15 is 0 Å². The molecule has 0 radical (unpaired) electrons. The highest BCUT2D eigenvalue weighted by molar-refractivity contribution is 7.09. The first-order valence-corrected chi connectivity index (χ1v) is 7.30. The number of aromatic nitrogens is 4. The standard InChI is InChI=1S/C14H15N5S/c1-10(14-15-7-8-20-14)16-9-12-13(18-19-17-12)11-5-3-2-4-6-11/h2-8,10,16H,9H2,1H3,(H,17,18,19). The van der Waals surface area contributed by atoms with Crippen LogP contribution in [0.5, 0.6) is 0 Å². The molecule has 1 aromatic carbocycles. The maximum Gasteiger partial charge on any atom is 0.117 e. The van der Waals surface area contributed by atoms with Crippen LogP contribution in [0.15, 0.2) is 41.9 Å². The minimum atomic E-state index is 0.204. The molecule has 0 amide bonds. The first-order valence-electron chi connectivity index (χ1n) is 6.42. The molecule has 0 aliphatic carbocycles. The zero-order chi connectivity index (χ0) is 13.8. The molecule has 0 bridgehead atoms. The van der Waals surface area contributed by atoms with Crippen molar-refractivity contribution in [3.8, 4) is 11.3 Å². The van der Waals surface area contributed by atoms with E-state index in [9.17, 15) is 0 Å². The molecule has 1 unspecified atom stereocenters. The van der Waals surface area contributed by atoms with Crippen LogP contribution in [0.4, 0.5) is 0 Å². The van der Waals surface area contributed by atoms with Crippen molar-refractivity contribution in [3.05, 3.63) is 52.6 Å². The molecular formula is C14H15N5S. The Morgan fingerprint density at radius 1 is 1.25 bits per heavy atom. The third-order valence-corrected chi connectivity index (χ3v) is 4.02. The Morgan fingerprint density at radius 3 is 2.85 bits per heavy atom. The van der Waals surface area contributed by atoms with Crippen molar-refractivity contribution in [2.45, 2.75) is 19.5 Å². The predicted octanol–water partition coefficient (Wildman–Crippen LogP) is 2.78. The van der Waals surface area contributed by atoms with Gasteiger partial charge in [-0.05, 0) is 6.92 Å². The van der Waals surface area contributed by atoms with Crippen molar-refractivity contribution in [2.24, 2.45) is 0 Å². The number of nitrogens with one attached hydrogen (secondary N) is 2. The molecule has 5 nitrogen and oxygen atoms in total. The van der Waals surface area contributed by atoms with Crippen molar-refractivity contribution in [2.75, 3.05) is 0 Å². The molecule has 20 heavy (non-hydrogen) atoms. The molecule has 0 spiro atoms. The van der Waals surface area contributed by atoms with E-state index in [4.69, 9.17) is 0 Å². The van der Waals surface area contributed by atoms with E-state index in [0.717, 1.165) is 22.0 Å². The van der Waals surface area contributed by atoms with Crippen LogP contribution in [-0.4, -0.2) is 20.4 Å². The summed E-state index contributed by atoms with van der Waals surface area (Å²) in [4.78, 5) is 4.31. The Labute approximate surface area is 121 Å². The van der Waals surface area contributed by atoms with Crippen molar-refractivity contribution in [3.63, 3.8) is 0 Å². The fourth-order valence-electron chi connectivity index (χ4n) is 1.99. The minimum absolute atomic E-state index is 0.204. The lowest BCUT2D eigenvalue weighted by molar-refractivity contribution is 0.565. The van der Waals surface area contributed by atoms with Crippen LogP contribution >= 0.6 is 11.3 Å². The molecule has 0 fully saturated rings. The fourth-order valence-corrected chi connectivity index (χ4v) is 2.66. The van der Waals surface area contributed by atoms with Crippen LogP contribution in [0.2, 0.25) is 0 Å².